The van der Waals surface area contributed by atoms with Gasteiger partial charge in [-0.25, -0.2) is 0 Å². The number of hydrogen-bond acceptors (Lipinski definition) is 5. The first-order valence-electron chi connectivity index (χ1n) is 5.93. The van der Waals surface area contributed by atoms with E-state index in [0.29, 0.717) is 18.7 Å². The second-order valence-electron chi connectivity index (χ2n) is 3.92. The summed E-state index contributed by atoms with van der Waals surface area (Å²) in [4.78, 5) is 18.6. The van der Waals surface area contributed by atoms with Crippen molar-refractivity contribution in [1.82, 2.24) is 0 Å². The zero-order valence-electron chi connectivity index (χ0n) is 10.3. The van der Waals surface area contributed by atoms with Gasteiger partial charge in [0.15, 0.2) is 0 Å². The maximum atomic E-state index is 10.9. The Balaban J connectivity index is 2.65. The Morgan fingerprint density at radius 2 is 2.41 bits per heavy atom. The third-order valence-electron chi connectivity index (χ3n) is 2.77. The van der Waals surface area contributed by atoms with Crippen LogP contribution in [-0.4, -0.2) is 42.8 Å². The number of ether oxygens (including phenoxy) is 1. The lowest BCUT2D eigenvalue weighted by molar-refractivity contribution is -0.483. The Kier molecular flexibility index (Phi) is 5.76. The Hall–Kier alpha value is -1.30. The van der Waals surface area contributed by atoms with Gasteiger partial charge >= 0.3 is 0 Å². The van der Waals surface area contributed by atoms with Crippen LogP contribution in [-0.2, 0) is 4.74 Å². The third-order valence-corrected chi connectivity index (χ3v) is 2.77. The average molecular weight is 241 g/mol. The molecule has 0 bridgehead atoms. The highest BCUT2D eigenvalue weighted by molar-refractivity contribution is 6.00. The molecule has 0 radical (unpaired) electrons. The minimum absolute atomic E-state index is 0.221. The maximum absolute atomic E-state index is 10.9. The highest BCUT2D eigenvalue weighted by atomic mass is 16.6. The van der Waals surface area contributed by atoms with Crippen LogP contribution in [0.15, 0.2) is 9.98 Å². The van der Waals surface area contributed by atoms with Crippen LogP contribution < -0.4 is 0 Å². The SMILES string of the molecule is CC/C(=N/C)C(/C=N/C1CCCCO1)[N+](=O)[O-]. The molecule has 0 spiro atoms. The van der Waals surface area contributed by atoms with Gasteiger partial charge in [0, 0.05) is 18.6 Å². The van der Waals surface area contributed by atoms with E-state index in [4.69, 9.17) is 4.74 Å². The molecule has 1 aliphatic heterocycles. The molecule has 2 unspecified atom stereocenters. The normalized spacial score (nSPS) is 23.9. The predicted octanol–water partition coefficient (Wildman–Crippen LogP) is 1.71. The molecule has 1 fully saturated rings. The Morgan fingerprint density at radius 3 is 2.88 bits per heavy atom. The number of rotatable bonds is 5. The molecule has 17 heavy (non-hydrogen) atoms. The van der Waals surface area contributed by atoms with Crippen LogP contribution in [0.1, 0.15) is 32.6 Å². The fourth-order valence-electron chi connectivity index (χ4n) is 1.78. The van der Waals surface area contributed by atoms with Crippen molar-refractivity contribution in [1.29, 1.82) is 0 Å². The number of hydrogen-bond donors (Lipinski definition) is 0. The van der Waals surface area contributed by atoms with Crippen molar-refractivity contribution in [2.45, 2.75) is 44.9 Å². The summed E-state index contributed by atoms with van der Waals surface area (Å²) in [5.74, 6) is 0. The fourth-order valence-corrected chi connectivity index (χ4v) is 1.78. The third kappa shape index (κ3) is 4.22. The van der Waals surface area contributed by atoms with E-state index in [1.165, 1.54) is 6.21 Å². The van der Waals surface area contributed by atoms with Crippen LogP contribution in [0.25, 0.3) is 0 Å². The van der Waals surface area contributed by atoms with Gasteiger partial charge in [0.25, 0.3) is 6.04 Å². The van der Waals surface area contributed by atoms with Crippen molar-refractivity contribution < 1.29 is 9.66 Å². The topological polar surface area (TPSA) is 77.1 Å². The van der Waals surface area contributed by atoms with Gasteiger partial charge in [-0.15, -0.1) is 0 Å². The highest BCUT2D eigenvalue weighted by Crippen LogP contribution is 2.13. The summed E-state index contributed by atoms with van der Waals surface area (Å²) in [5.41, 5.74) is 0.537. The first-order chi connectivity index (χ1) is 8.19. The van der Waals surface area contributed by atoms with Crippen LogP contribution in [0.4, 0.5) is 0 Å². The molecule has 0 aliphatic carbocycles. The van der Waals surface area contributed by atoms with Crippen molar-refractivity contribution in [3.05, 3.63) is 10.1 Å². The van der Waals surface area contributed by atoms with E-state index >= 15 is 0 Å². The van der Waals surface area contributed by atoms with Crippen LogP contribution in [0.3, 0.4) is 0 Å². The first kappa shape index (κ1) is 13.8. The highest BCUT2D eigenvalue weighted by Gasteiger charge is 2.23. The predicted molar refractivity (Wildman–Crippen MR) is 66.5 cm³/mol. The van der Waals surface area contributed by atoms with Gasteiger partial charge in [0.05, 0.1) is 11.9 Å². The molecule has 2 atom stereocenters. The molecule has 1 rings (SSSR count). The average Bonchev–Trinajstić information content (AvgIpc) is 2.35. The smallest absolute Gasteiger partial charge is 0.285 e. The molecule has 6 nitrogen and oxygen atoms in total. The van der Waals surface area contributed by atoms with Crippen molar-refractivity contribution in [2.75, 3.05) is 13.7 Å². The zero-order chi connectivity index (χ0) is 12.7. The molecular weight excluding hydrogens is 222 g/mol. The second kappa shape index (κ2) is 7.11. The lowest BCUT2D eigenvalue weighted by Crippen LogP contribution is -2.31. The van der Waals surface area contributed by atoms with Gasteiger partial charge in [0.2, 0.25) is 0 Å². The van der Waals surface area contributed by atoms with E-state index in [0.717, 1.165) is 19.3 Å². The molecule has 1 aliphatic rings. The summed E-state index contributed by atoms with van der Waals surface area (Å²) >= 11 is 0. The van der Waals surface area contributed by atoms with Crippen molar-refractivity contribution >= 4 is 11.9 Å². The van der Waals surface area contributed by atoms with Crippen molar-refractivity contribution in [3.63, 3.8) is 0 Å². The molecule has 1 heterocycles. The molecule has 0 saturated carbocycles. The minimum Gasteiger partial charge on any atom is -0.357 e. The lowest BCUT2D eigenvalue weighted by atomic mass is 10.1. The maximum Gasteiger partial charge on any atom is 0.285 e. The van der Waals surface area contributed by atoms with E-state index in [9.17, 15) is 10.1 Å². The molecule has 96 valence electrons. The molecule has 0 amide bonds. The molecule has 0 aromatic heterocycles. The summed E-state index contributed by atoms with van der Waals surface area (Å²) < 4.78 is 5.39. The Labute approximate surface area is 101 Å². The fraction of sp³-hybridized carbons (Fsp3) is 0.818. The second-order valence-corrected chi connectivity index (χ2v) is 3.92. The van der Waals surface area contributed by atoms with E-state index in [1.807, 2.05) is 6.92 Å². The van der Waals surface area contributed by atoms with E-state index in [1.54, 1.807) is 7.05 Å². The van der Waals surface area contributed by atoms with Crippen molar-refractivity contribution in [3.8, 4) is 0 Å². The lowest BCUT2D eigenvalue weighted by Gasteiger charge is -2.18. The summed E-state index contributed by atoms with van der Waals surface area (Å²) in [7, 11) is 1.57. The molecule has 1 saturated heterocycles. The van der Waals surface area contributed by atoms with Gasteiger partial charge in [-0.3, -0.25) is 20.1 Å². The van der Waals surface area contributed by atoms with E-state index in [2.05, 4.69) is 9.98 Å². The molecule has 0 N–H and O–H groups in total. The summed E-state index contributed by atoms with van der Waals surface area (Å²) in [5, 5.41) is 10.9. The van der Waals surface area contributed by atoms with E-state index < -0.39 is 6.04 Å². The van der Waals surface area contributed by atoms with Gasteiger partial charge in [0.1, 0.15) is 6.23 Å². The molecule has 0 aromatic rings. The summed E-state index contributed by atoms with van der Waals surface area (Å²) in [6, 6.07) is -0.921. The zero-order valence-corrected chi connectivity index (χ0v) is 10.3. The minimum atomic E-state index is -0.921. The summed E-state index contributed by atoms with van der Waals surface area (Å²) in [6.45, 7) is 2.54. The van der Waals surface area contributed by atoms with Crippen LogP contribution in [0.5, 0.6) is 0 Å². The first-order valence-corrected chi connectivity index (χ1v) is 5.93. The quantitative estimate of drug-likeness (QED) is 0.417. The van der Waals surface area contributed by atoms with Gasteiger partial charge in [-0.1, -0.05) is 6.92 Å². The van der Waals surface area contributed by atoms with Gasteiger partial charge in [-0.2, -0.15) is 0 Å². The van der Waals surface area contributed by atoms with E-state index in [-0.39, 0.29) is 11.2 Å². The monoisotopic (exact) mass is 241 g/mol. The number of nitrogens with zero attached hydrogens (tertiary/aromatic N) is 3. The Bertz CT molecular complexity index is 309. The van der Waals surface area contributed by atoms with Crippen molar-refractivity contribution in [2.24, 2.45) is 9.98 Å². The summed E-state index contributed by atoms with van der Waals surface area (Å²) in [6.07, 6.45) is 4.64. The largest absolute Gasteiger partial charge is 0.357 e. The molecular formula is C11H19N3O3. The van der Waals surface area contributed by atoms with Crippen LogP contribution in [0, 0.1) is 10.1 Å². The van der Waals surface area contributed by atoms with Crippen LogP contribution >= 0.6 is 0 Å². The standard InChI is InChI=1S/C11H19N3O3/c1-3-9(12-2)10(14(15)16)8-13-11-6-4-5-7-17-11/h8,10-11H,3-7H2,1-2H3/b12-9-,13-8+. The molecule has 0 aromatic carbocycles. The number of aliphatic imine (C=N–C) groups is 2. The van der Waals surface area contributed by atoms with Gasteiger partial charge in [-0.05, 0) is 25.7 Å². The van der Waals surface area contributed by atoms with Gasteiger partial charge < -0.3 is 4.74 Å². The number of nitro groups is 1. The van der Waals surface area contributed by atoms with Crippen LogP contribution in [0.2, 0.25) is 0 Å². The Morgan fingerprint density at radius 1 is 1.65 bits per heavy atom. The molecule has 6 heteroatoms.